The molecule has 0 saturated carbocycles. The van der Waals surface area contributed by atoms with Crippen LogP contribution in [0.25, 0.3) is 5.53 Å². The molecule has 0 bridgehead atoms. The van der Waals surface area contributed by atoms with Crippen LogP contribution in [-0.4, -0.2) is 16.8 Å². The summed E-state index contributed by atoms with van der Waals surface area (Å²) in [4.78, 5) is 12.9. The zero-order chi connectivity index (χ0) is 8.97. The lowest BCUT2D eigenvalue weighted by atomic mass is 10.1. The third-order valence-electron chi connectivity index (χ3n) is 1.34. The van der Waals surface area contributed by atoms with Crippen molar-refractivity contribution in [2.45, 2.75) is 0 Å². The number of aldehydes is 1. The first-order chi connectivity index (χ1) is 5.77. The van der Waals surface area contributed by atoms with Crippen LogP contribution in [0, 0.1) is 5.82 Å². The van der Waals surface area contributed by atoms with Gasteiger partial charge in [-0.15, -0.1) is 0 Å². The zero-order valence-corrected chi connectivity index (χ0v) is 6.07. The molecule has 0 heterocycles. The molecule has 0 atom stereocenters. The molecule has 1 rings (SSSR count). The van der Waals surface area contributed by atoms with Crippen molar-refractivity contribution in [1.82, 2.24) is 0 Å². The van der Waals surface area contributed by atoms with Crippen LogP contribution >= 0.6 is 0 Å². The second-order valence-corrected chi connectivity index (χ2v) is 2.11. The lowest BCUT2D eigenvalue weighted by Crippen LogP contribution is -2.03. The van der Waals surface area contributed by atoms with Crippen LogP contribution in [0.5, 0.6) is 0 Å². The largest absolute Gasteiger partial charge is 0.361 e. The van der Waals surface area contributed by atoms with Gasteiger partial charge in [0.2, 0.25) is 6.29 Å². The van der Waals surface area contributed by atoms with E-state index in [9.17, 15) is 9.18 Å². The molecule has 0 saturated heterocycles. The Labute approximate surface area is 68.1 Å². The van der Waals surface area contributed by atoms with Crippen LogP contribution < -0.4 is 0 Å². The van der Waals surface area contributed by atoms with Crippen molar-refractivity contribution in [2.75, 3.05) is 0 Å². The summed E-state index contributed by atoms with van der Waals surface area (Å²) in [6.45, 7) is 0. The fraction of sp³-hybridized carbons (Fsp3) is 0. The fourth-order valence-electron chi connectivity index (χ4n) is 0.797. The summed E-state index contributed by atoms with van der Waals surface area (Å²) in [7, 11) is 0. The van der Waals surface area contributed by atoms with E-state index in [2.05, 4.69) is 4.79 Å². The normalized spacial score (nSPS) is 8.75. The van der Waals surface area contributed by atoms with Gasteiger partial charge in [0.1, 0.15) is 5.82 Å². The van der Waals surface area contributed by atoms with Crippen molar-refractivity contribution >= 4 is 12.0 Å². The lowest BCUT2D eigenvalue weighted by Gasteiger charge is -1.89. The summed E-state index contributed by atoms with van der Waals surface area (Å²) in [6.07, 6.45) is 0.356. The Hall–Kier alpha value is -1.80. The minimum atomic E-state index is -0.476. The Morgan fingerprint density at radius 2 is 2.33 bits per heavy atom. The fourth-order valence-corrected chi connectivity index (χ4v) is 0.797. The van der Waals surface area contributed by atoms with Crippen LogP contribution in [-0.2, 0) is 4.79 Å². The number of carbonyl (C=O) groups excluding carboxylic acids is 1. The highest BCUT2D eigenvalue weighted by molar-refractivity contribution is 6.33. The van der Waals surface area contributed by atoms with Crippen molar-refractivity contribution in [3.8, 4) is 0 Å². The highest BCUT2D eigenvalue weighted by atomic mass is 19.1. The number of rotatable bonds is 2. The quantitative estimate of drug-likeness (QED) is 0.279. The average molecular weight is 164 g/mol. The van der Waals surface area contributed by atoms with Crippen molar-refractivity contribution in [1.29, 1.82) is 0 Å². The van der Waals surface area contributed by atoms with E-state index >= 15 is 0 Å². The van der Waals surface area contributed by atoms with E-state index < -0.39 is 5.82 Å². The predicted octanol–water partition coefficient (Wildman–Crippen LogP) is 1.04. The van der Waals surface area contributed by atoms with Crippen molar-refractivity contribution in [3.63, 3.8) is 0 Å². The minimum absolute atomic E-state index is 0.186. The molecule has 0 aliphatic rings. The van der Waals surface area contributed by atoms with Crippen LogP contribution in [0.3, 0.4) is 0 Å². The Morgan fingerprint density at radius 1 is 1.58 bits per heavy atom. The van der Waals surface area contributed by atoms with Gasteiger partial charge in [0.15, 0.2) is 0 Å². The van der Waals surface area contributed by atoms with Crippen molar-refractivity contribution in [2.24, 2.45) is 0 Å². The van der Waals surface area contributed by atoms with Gasteiger partial charge in [-0.25, -0.2) is 4.39 Å². The highest BCUT2D eigenvalue weighted by Crippen LogP contribution is 2.02. The van der Waals surface area contributed by atoms with E-state index in [0.29, 0.717) is 6.29 Å². The monoisotopic (exact) mass is 164 g/mol. The van der Waals surface area contributed by atoms with E-state index in [4.69, 9.17) is 5.53 Å². The van der Waals surface area contributed by atoms with Gasteiger partial charge in [0, 0.05) is 0 Å². The topological polar surface area (TPSA) is 53.5 Å². The van der Waals surface area contributed by atoms with Gasteiger partial charge >= 0.3 is 5.71 Å². The number of benzene rings is 1. The van der Waals surface area contributed by atoms with Crippen LogP contribution in [0.2, 0.25) is 0 Å². The van der Waals surface area contributed by atoms with E-state index in [1.807, 2.05) is 0 Å². The molecule has 0 N–H and O–H groups in total. The molecule has 0 aliphatic heterocycles. The molecule has 0 aliphatic carbocycles. The van der Waals surface area contributed by atoms with E-state index in [1.165, 1.54) is 18.2 Å². The maximum atomic E-state index is 12.5. The second-order valence-electron chi connectivity index (χ2n) is 2.11. The van der Waals surface area contributed by atoms with Crippen LogP contribution in [0.4, 0.5) is 4.39 Å². The number of hydrogen-bond donors (Lipinski definition) is 0. The Balaban J connectivity index is 3.19. The molecule has 60 valence electrons. The molecule has 0 aromatic heterocycles. The molecule has 0 fully saturated rings. The summed E-state index contributed by atoms with van der Waals surface area (Å²) in [5.41, 5.74) is 8.38. The Kier molecular flexibility index (Phi) is 2.46. The molecular formula is C8H5FN2O. The molecule has 0 amide bonds. The minimum Gasteiger partial charge on any atom is -0.361 e. The maximum Gasteiger partial charge on any atom is 0.361 e. The summed E-state index contributed by atoms with van der Waals surface area (Å²) < 4.78 is 12.5. The van der Waals surface area contributed by atoms with Gasteiger partial charge in [-0.05, 0) is 18.2 Å². The number of carbonyl (C=O) groups is 1. The summed E-state index contributed by atoms with van der Waals surface area (Å²) >= 11 is 0. The standard InChI is InChI=1S/C8H5FN2O/c9-7-3-1-2-6(4-7)8(5-12)11-10/h1-5H. The summed E-state index contributed by atoms with van der Waals surface area (Å²) in [6, 6.07) is 5.26. The summed E-state index contributed by atoms with van der Waals surface area (Å²) in [5.74, 6) is -0.476. The molecule has 0 spiro atoms. The molecule has 0 radical (unpaired) electrons. The van der Waals surface area contributed by atoms with Crippen LogP contribution in [0.15, 0.2) is 24.3 Å². The molecule has 4 heteroatoms. The Morgan fingerprint density at radius 3 is 2.83 bits per heavy atom. The van der Waals surface area contributed by atoms with Gasteiger partial charge in [-0.2, -0.15) is 4.79 Å². The molecule has 1 aromatic rings. The third-order valence-corrected chi connectivity index (χ3v) is 1.34. The predicted molar refractivity (Wildman–Crippen MR) is 40.2 cm³/mol. The third kappa shape index (κ3) is 1.62. The SMILES string of the molecule is [N-]=[N+]=C(C=O)c1cccc(F)c1. The molecular weight excluding hydrogens is 159 g/mol. The van der Waals surface area contributed by atoms with Crippen LogP contribution in [0.1, 0.15) is 5.56 Å². The second kappa shape index (κ2) is 3.55. The molecule has 3 nitrogen and oxygen atoms in total. The van der Waals surface area contributed by atoms with E-state index in [1.54, 1.807) is 0 Å². The van der Waals surface area contributed by atoms with Gasteiger partial charge in [-0.1, -0.05) is 6.07 Å². The maximum absolute atomic E-state index is 12.5. The van der Waals surface area contributed by atoms with Crippen molar-refractivity contribution < 1.29 is 14.0 Å². The number of nitrogens with zero attached hydrogens (tertiary/aromatic N) is 2. The number of hydrogen-bond acceptors (Lipinski definition) is 1. The van der Waals surface area contributed by atoms with E-state index in [0.717, 1.165) is 6.07 Å². The van der Waals surface area contributed by atoms with Gasteiger partial charge < -0.3 is 5.53 Å². The average Bonchev–Trinajstić information content (AvgIpc) is 2.07. The lowest BCUT2D eigenvalue weighted by molar-refractivity contribution is -0.106. The Bertz CT molecular complexity index is 356. The smallest absolute Gasteiger partial charge is 0.361 e. The first kappa shape index (κ1) is 8.30. The first-order valence-corrected chi connectivity index (χ1v) is 3.21. The van der Waals surface area contributed by atoms with Gasteiger partial charge in [-0.3, -0.25) is 4.79 Å². The molecule has 0 unspecified atom stereocenters. The van der Waals surface area contributed by atoms with Gasteiger partial charge in [0.25, 0.3) is 0 Å². The van der Waals surface area contributed by atoms with E-state index in [-0.39, 0.29) is 11.3 Å². The zero-order valence-electron chi connectivity index (χ0n) is 6.07. The first-order valence-electron chi connectivity index (χ1n) is 3.21. The molecule has 1 aromatic carbocycles. The number of halogens is 1. The molecule has 12 heavy (non-hydrogen) atoms. The highest BCUT2D eigenvalue weighted by Gasteiger charge is 2.09. The van der Waals surface area contributed by atoms with Gasteiger partial charge in [0.05, 0.1) is 5.56 Å². The van der Waals surface area contributed by atoms with Crippen molar-refractivity contribution in [3.05, 3.63) is 41.2 Å². The summed E-state index contributed by atoms with van der Waals surface area (Å²) in [5, 5.41) is 0.